The van der Waals surface area contributed by atoms with Crippen LogP contribution in [0.5, 0.6) is 0 Å². The third-order valence-corrected chi connectivity index (χ3v) is 2.58. The van der Waals surface area contributed by atoms with Gasteiger partial charge >= 0.3 is 0 Å². The molecule has 0 saturated heterocycles. The van der Waals surface area contributed by atoms with Crippen molar-refractivity contribution >= 4 is 29.2 Å². The van der Waals surface area contributed by atoms with E-state index in [9.17, 15) is 0 Å². The Morgan fingerprint density at radius 2 is 1.75 bits per heavy atom. The molecule has 1 N–H and O–H groups in total. The third-order valence-electron chi connectivity index (χ3n) is 2.02. The summed E-state index contributed by atoms with van der Waals surface area (Å²) in [5, 5.41) is 4.31. The number of aromatic nitrogens is 2. The molecule has 0 atom stereocenters. The van der Waals surface area contributed by atoms with Crippen LogP contribution in [0.3, 0.4) is 0 Å². The van der Waals surface area contributed by atoms with Crippen LogP contribution in [0.2, 0.25) is 10.0 Å². The molecule has 0 fully saturated rings. The quantitative estimate of drug-likeness (QED) is 0.912. The molecule has 2 rings (SSSR count). The highest BCUT2D eigenvalue weighted by molar-refractivity contribution is 6.31. The van der Waals surface area contributed by atoms with Crippen molar-refractivity contribution < 1.29 is 0 Å². The Morgan fingerprint density at radius 1 is 1.06 bits per heavy atom. The predicted molar refractivity (Wildman–Crippen MR) is 65.8 cm³/mol. The minimum absolute atomic E-state index is 0.517. The summed E-state index contributed by atoms with van der Waals surface area (Å²) in [4.78, 5) is 8.05. The normalized spacial score (nSPS) is 10.1. The molecule has 1 aromatic carbocycles. The molecule has 0 saturated carbocycles. The first kappa shape index (κ1) is 11.2. The highest BCUT2D eigenvalue weighted by Crippen LogP contribution is 2.15. The monoisotopic (exact) mass is 253 g/mol. The average Bonchev–Trinajstić information content (AvgIpc) is 2.30. The van der Waals surface area contributed by atoms with Crippen LogP contribution in [0.4, 0.5) is 5.95 Å². The number of nitrogens with one attached hydrogen (secondary N) is 1. The van der Waals surface area contributed by atoms with Gasteiger partial charge in [-0.1, -0.05) is 41.4 Å². The topological polar surface area (TPSA) is 37.8 Å². The fourth-order valence-corrected chi connectivity index (χ4v) is 1.52. The maximum atomic E-state index is 6.01. The van der Waals surface area contributed by atoms with E-state index < -0.39 is 0 Å². The molecule has 5 heteroatoms. The SMILES string of the molecule is Clc1cnc(NCc2ccccc2Cl)nc1. The van der Waals surface area contributed by atoms with Gasteiger partial charge in [0.25, 0.3) is 0 Å². The molecule has 0 aliphatic heterocycles. The zero-order valence-electron chi connectivity index (χ0n) is 8.32. The molecule has 1 aromatic heterocycles. The van der Waals surface area contributed by atoms with Crippen LogP contribution in [0.1, 0.15) is 5.56 Å². The Morgan fingerprint density at radius 3 is 2.44 bits per heavy atom. The molecule has 0 bridgehead atoms. The smallest absolute Gasteiger partial charge is 0.222 e. The van der Waals surface area contributed by atoms with Gasteiger partial charge in [-0.15, -0.1) is 0 Å². The Balaban J connectivity index is 2.02. The van der Waals surface area contributed by atoms with E-state index in [0.29, 0.717) is 17.5 Å². The van der Waals surface area contributed by atoms with E-state index in [-0.39, 0.29) is 0 Å². The first-order valence-corrected chi connectivity index (χ1v) is 5.46. The molecule has 16 heavy (non-hydrogen) atoms. The van der Waals surface area contributed by atoms with E-state index in [4.69, 9.17) is 23.2 Å². The number of hydrogen-bond acceptors (Lipinski definition) is 3. The van der Waals surface area contributed by atoms with Gasteiger partial charge in [0.1, 0.15) is 0 Å². The van der Waals surface area contributed by atoms with Crippen molar-refractivity contribution in [2.75, 3.05) is 5.32 Å². The van der Waals surface area contributed by atoms with Crippen molar-refractivity contribution in [1.82, 2.24) is 9.97 Å². The van der Waals surface area contributed by atoms with Crippen LogP contribution < -0.4 is 5.32 Å². The predicted octanol–water partition coefficient (Wildman–Crippen LogP) is 3.40. The lowest BCUT2D eigenvalue weighted by atomic mass is 10.2. The van der Waals surface area contributed by atoms with Gasteiger partial charge in [-0.2, -0.15) is 0 Å². The standard InChI is InChI=1S/C11H9Cl2N3/c12-9-6-15-11(16-7-9)14-5-8-3-1-2-4-10(8)13/h1-4,6-7H,5H2,(H,14,15,16). The van der Waals surface area contributed by atoms with Crippen LogP contribution in [-0.2, 0) is 6.54 Å². The highest BCUT2D eigenvalue weighted by atomic mass is 35.5. The van der Waals surface area contributed by atoms with Gasteiger partial charge < -0.3 is 5.32 Å². The number of hydrogen-bond donors (Lipinski definition) is 1. The maximum absolute atomic E-state index is 6.01. The van der Waals surface area contributed by atoms with Gasteiger partial charge in [-0.25, -0.2) is 9.97 Å². The van der Waals surface area contributed by atoms with Crippen molar-refractivity contribution in [2.45, 2.75) is 6.54 Å². The lowest BCUT2D eigenvalue weighted by molar-refractivity contribution is 1.05. The van der Waals surface area contributed by atoms with Crippen LogP contribution in [-0.4, -0.2) is 9.97 Å². The second kappa shape index (κ2) is 5.14. The Labute approximate surface area is 103 Å². The zero-order valence-corrected chi connectivity index (χ0v) is 9.83. The molecule has 2 aromatic rings. The van der Waals surface area contributed by atoms with Crippen molar-refractivity contribution in [3.63, 3.8) is 0 Å². The van der Waals surface area contributed by atoms with Crippen molar-refractivity contribution in [2.24, 2.45) is 0 Å². The summed E-state index contributed by atoms with van der Waals surface area (Å²) in [5.41, 5.74) is 1.00. The molecule has 0 aliphatic carbocycles. The number of anilines is 1. The van der Waals surface area contributed by atoms with Gasteiger partial charge in [-0.05, 0) is 11.6 Å². The van der Waals surface area contributed by atoms with Crippen LogP contribution in [0.15, 0.2) is 36.7 Å². The van der Waals surface area contributed by atoms with E-state index in [2.05, 4.69) is 15.3 Å². The summed E-state index contributed by atoms with van der Waals surface area (Å²) in [6.07, 6.45) is 3.09. The summed E-state index contributed by atoms with van der Waals surface area (Å²) < 4.78 is 0. The van der Waals surface area contributed by atoms with Crippen LogP contribution in [0.25, 0.3) is 0 Å². The minimum atomic E-state index is 0.517. The molecule has 0 radical (unpaired) electrons. The summed E-state index contributed by atoms with van der Waals surface area (Å²) in [6.45, 7) is 0.585. The fraction of sp³-hybridized carbons (Fsp3) is 0.0909. The van der Waals surface area contributed by atoms with Gasteiger partial charge in [0, 0.05) is 11.6 Å². The molecule has 3 nitrogen and oxygen atoms in total. The lowest BCUT2D eigenvalue weighted by Gasteiger charge is -2.05. The first-order chi connectivity index (χ1) is 7.75. The van der Waals surface area contributed by atoms with E-state index in [0.717, 1.165) is 10.6 Å². The van der Waals surface area contributed by atoms with Gasteiger partial charge in [-0.3, -0.25) is 0 Å². The summed E-state index contributed by atoms with van der Waals surface area (Å²) in [6, 6.07) is 7.63. The van der Waals surface area contributed by atoms with E-state index >= 15 is 0 Å². The summed E-state index contributed by atoms with van der Waals surface area (Å²) in [5.74, 6) is 0.532. The minimum Gasteiger partial charge on any atom is -0.350 e. The highest BCUT2D eigenvalue weighted by Gasteiger charge is 2.00. The number of halogens is 2. The number of benzene rings is 1. The average molecular weight is 254 g/mol. The van der Waals surface area contributed by atoms with E-state index in [1.807, 2.05) is 24.3 Å². The summed E-state index contributed by atoms with van der Waals surface area (Å²) >= 11 is 11.7. The largest absolute Gasteiger partial charge is 0.350 e. The lowest BCUT2D eigenvalue weighted by Crippen LogP contribution is -2.03. The molecular formula is C11H9Cl2N3. The second-order valence-corrected chi connectivity index (χ2v) is 4.01. The van der Waals surface area contributed by atoms with E-state index in [1.165, 1.54) is 0 Å². The fourth-order valence-electron chi connectivity index (χ4n) is 1.22. The molecule has 0 aliphatic rings. The number of rotatable bonds is 3. The maximum Gasteiger partial charge on any atom is 0.222 e. The van der Waals surface area contributed by atoms with E-state index in [1.54, 1.807) is 12.4 Å². The Bertz CT molecular complexity index is 471. The van der Waals surface area contributed by atoms with Gasteiger partial charge in [0.05, 0.1) is 17.4 Å². The molecule has 0 amide bonds. The van der Waals surface area contributed by atoms with Crippen LogP contribution in [0, 0.1) is 0 Å². The van der Waals surface area contributed by atoms with Crippen molar-refractivity contribution in [1.29, 1.82) is 0 Å². The van der Waals surface area contributed by atoms with Gasteiger partial charge in [0.15, 0.2) is 0 Å². The molecule has 0 spiro atoms. The molecular weight excluding hydrogens is 245 g/mol. The number of nitrogens with zero attached hydrogens (tertiary/aromatic N) is 2. The molecule has 0 unspecified atom stereocenters. The van der Waals surface area contributed by atoms with Gasteiger partial charge in [0.2, 0.25) is 5.95 Å². The zero-order chi connectivity index (χ0) is 11.4. The summed E-state index contributed by atoms with van der Waals surface area (Å²) in [7, 11) is 0. The first-order valence-electron chi connectivity index (χ1n) is 4.70. The Kier molecular flexibility index (Phi) is 3.59. The molecule has 1 heterocycles. The van der Waals surface area contributed by atoms with Crippen molar-refractivity contribution in [3.8, 4) is 0 Å². The Hall–Kier alpha value is -1.32. The van der Waals surface area contributed by atoms with Crippen LogP contribution >= 0.6 is 23.2 Å². The second-order valence-electron chi connectivity index (χ2n) is 3.17. The molecule has 82 valence electrons. The van der Waals surface area contributed by atoms with Crippen molar-refractivity contribution in [3.05, 3.63) is 52.3 Å². The third kappa shape index (κ3) is 2.84.